The van der Waals surface area contributed by atoms with Crippen LogP contribution in [0.25, 0.3) is 0 Å². The molecule has 1 aromatic carbocycles. The van der Waals surface area contributed by atoms with Crippen LogP contribution in [0.5, 0.6) is 5.75 Å². The number of ether oxygens (including phenoxy) is 1. The highest BCUT2D eigenvalue weighted by Crippen LogP contribution is 2.34. The van der Waals surface area contributed by atoms with Gasteiger partial charge < -0.3 is 15.2 Å². The Morgan fingerprint density at radius 2 is 1.94 bits per heavy atom. The van der Waals surface area contributed by atoms with E-state index in [0.717, 1.165) is 31.4 Å². The summed E-state index contributed by atoms with van der Waals surface area (Å²) in [5.41, 5.74) is 0.349. The molecular formula is C13H17F2NO2. The van der Waals surface area contributed by atoms with Crippen molar-refractivity contribution in [2.75, 3.05) is 13.7 Å². The molecule has 1 aromatic rings. The maximum absolute atomic E-state index is 13.1. The minimum absolute atomic E-state index is 0.117. The third-order valence-electron chi connectivity index (χ3n) is 3.55. The van der Waals surface area contributed by atoms with Crippen molar-refractivity contribution < 1.29 is 18.6 Å². The predicted molar refractivity (Wildman–Crippen MR) is 63.3 cm³/mol. The number of phenolic OH excluding ortho intramolecular Hbond substituents is 1. The van der Waals surface area contributed by atoms with E-state index in [9.17, 15) is 8.78 Å². The Labute approximate surface area is 105 Å². The number of methoxy groups -OCH3 is 1. The molecule has 100 valence electrons. The van der Waals surface area contributed by atoms with Gasteiger partial charge in [-0.2, -0.15) is 0 Å². The normalized spacial score (nSPS) is 17.5. The van der Waals surface area contributed by atoms with Gasteiger partial charge in [-0.25, -0.2) is 8.78 Å². The molecule has 0 heterocycles. The van der Waals surface area contributed by atoms with Crippen molar-refractivity contribution in [3.63, 3.8) is 0 Å². The monoisotopic (exact) mass is 257 g/mol. The first-order valence-corrected chi connectivity index (χ1v) is 5.99. The van der Waals surface area contributed by atoms with Gasteiger partial charge in [-0.3, -0.25) is 0 Å². The highest BCUT2D eigenvalue weighted by molar-refractivity contribution is 5.29. The third-order valence-corrected chi connectivity index (χ3v) is 3.55. The van der Waals surface area contributed by atoms with E-state index < -0.39 is 17.4 Å². The quantitative estimate of drug-likeness (QED) is 0.850. The number of nitrogens with one attached hydrogen (secondary N) is 1. The summed E-state index contributed by atoms with van der Waals surface area (Å²) >= 11 is 0. The molecule has 1 fully saturated rings. The summed E-state index contributed by atoms with van der Waals surface area (Å²) in [4.78, 5) is 0. The van der Waals surface area contributed by atoms with Gasteiger partial charge in [-0.05, 0) is 37.0 Å². The highest BCUT2D eigenvalue weighted by Gasteiger charge is 2.36. The molecule has 0 aromatic heterocycles. The maximum atomic E-state index is 13.1. The highest BCUT2D eigenvalue weighted by atomic mass is 19.1. The fraction of sp³-hybridized carbons (Fsp3) is 0.538. The molecule has 0 saturated heterocycles. The van der Waals surface area contributed by atoms with Crippen molar-refractivity contribution in [1.29, 1.82) is 0 Å². The molecule has 0 radical (unpaired) electrons. The number of phenols is 1. The first-order valence-electron chi connectivity index (χ1n) is 5.99. The van der Waals surface area contributed by atoms with Crippen LogP contribution < -0.4 is 5.32 Å². The van der Waals surface area contributed by atoms with Gasteiger partial charge in [0.25, 0.3) is 0 Å². The summed E-state index contributed by atoms with van der Waals surface area (Å²) < 4.78 is 31.6. The van der Waals surface area contributed by atoms with Gasteiger partial charge in [-0.1, -0.05) is 0 Å². The number of rotatable bonds is 5. The van der Waals surface area contributed by atoms with Crippen LogP contribution in [-0.2, 0) is 11.3 Å². The Morgan fingerprint density at radius 3 is 2.39 bits per heavy atom. The summed E-state index contributed by atoms with van der Waals surface area (Å²) in [6, 6.07) is 2.26. The lowest BCUT2D eigenvalue weighted by Gasteiger charge is -2.40. The van der Waals surface area contributed by atoms with Gasteiger partial charge in [0, 0.05) is 20.2 Å². The largest absolute Gasteiger partial charge is 0.503 e. The van der Waals surface area contributed by atoms with Gasteiger partial charge in [0.1, 0.15) is 0 Å². The van der Waals surface area contributed by atoms with Crippen LogP contribution in [0.4, 0.5) is 8.78 Å². The minimum Gasteiger partial charge on any atom is -0.503 e. The average Bonchev–Trinajstić information content (AvgIpc) is 2.29. The molecule has 0 bridgehead atoms. The molecule has 0 amide bonds. The van der Waals surface area contributed by atoms with Crippen molar-refractivity contribution in [1.82, 2.24) is 5.32 Å². The van der Waals surface area contributed by atoms with Crippen LogP contribution in [0.1, 0.15) is 24.8 Å². The summed E-state index contributed by atoms with van der Waals surface area (Å²) in [5, 5.41) is 12.1. The average molecular weight is 257 g/mol. The molecule has 0 atom stereocenters. The maximum Gasteiger partial charge on any atom is 0.187 e. The Bertz CT molecular complexity index is 404. The first kappa shape index (κ1) is 13.2. The Hall–Kier alpha value is -1.20. The zero-order valence-corrected chi connectivity index (χ0v) is 10.3. The lowest BCUT2D eigenvalue weighted by Crippen LogP contribution is -2.47. The van der Waals surface area contributed by atoms with E-state index in [-0.39, 0.29) is 5.60 Å². The van der Waals surface area contributed by atoms with Crippen molar-refractivity contribution in [3.05, 3.63) is 29.3 Å². The second-order valence-electron chi connectivity index (χ2n) is 4.75. The molecule has 2 rings (SSSR count). The molecule has 0 unspecified atom stereocenters. The number of aromatic hydroxyl groups is 1. The van der Waals surface area contributed by atoms with Crippen LogP contribution >= 0.6 is 0 Å². The Morgan fingerprint density at radius 1 is 1.33 bits per heavy atom. The van der Waals surface area contributed by atoms with E-state index in [0.29, 0.717) is 18.7 Å². The van der Waals surface area contributed by atoms with Crippen LogP contribution in [0.15, 0.2) is 12.1 Å². The number of halogens is 2. The zero-order valence-electron chi connectivity index (χ0n) is 10.3. The molecule has 18 heavy (non-hydrogen) atoms. The molecule has 1 aliphatic carbocycles. The third kappa shape index (κ3) is 2.62. The fourth-order valence-electron chi connectivity index (χ4n) is 2.18. The van der Waals surface area contributed by atoms with E-state index in [1.807, 2.05) is 0 Å². The topological polar surface area (TPSA) is 41.5 Å². The smallest absolute Gasteiger partial charge is 0.187 e. The lowest BCUT2D eigenvalue weighted by atomic mass is 9.80. The Balaban J connectivity index is 1.90. The SMILES string of the molecule is COC1(CNCc2cc(F)c(O)c(F)c2)CCC1. The molecule has 1 saturated carbocycles. The summed E-state index contributed by atoms with van der Waals surface area (Å²) in [6.45, 7) is 1.01. The Kier molecular flexibility index (Phi) is 3.82. The number of hydrogen-bond donors (Lipinski definition) is 2. The molecule has 0 aliphatic heterocycles. The van der Waals surface area contributed by atoms with E-state index >= 15 is 0 Å². The standard InChI is InChI=1S/C13H17F2NO2/c1-18-13(3-2-4-13)8-16-7-9-5-10(14)12(17)11(15)6-9/h5-6,16-17H,2-4,7-8H2,1H3. The summed E-state index contributed by atoms with van der Waals surface area (Å²) in [7, 11) is 1.68. The van der Waals surface area contributed by atoms with Crippen LogP contribution in [0.2, 0.25) is 0 Å². The van der Waals surface area contributed by atoms with E-state index in [1.165, 1.54) is 0 Å². The van der Waals surface area contributed by atoms with Crippen molar-refractivity contribution in [2.45, 2.75) is 31.4 Å². The van der Waals surface area contributed by atoms with E-state index in [2.05, 4.69) is 5.32 Å². The molecule has 3 nitrogen and oxygen atoms in total. The van der Waals surface area contributed by atoms with Crippen molar-refractivity contribution in [3.8, 4) is 5.75 Å². The van der Waals surface area contributed by atoms with Gasteiger partial charge in [0.2, 0.25) is 0 Å². The summed E-state index contributed by atoms with van der Waals surface area (Å²) in [5.74, 6) is -2.79. The van der Waals surface area contributed by atoms with E-state index in [1.54, 1.807) is 7.11 Å². The number of hydrogen-bond acceptors (Lipinski definition) is 3. The van der Waals surface area contributed by atoms with Gasteiger partial charge in [0.05, 0.1) is 5.60 Å². The molecule has 1 aliphatic rings. The molecule has 2 N–H and O–H groups in total. The molecular weight excluding hydrogens is 240 g/mol. The second-order valence-corrected chi connectivity index (χ2v) is 4.75. The van der Waals surface area contributed by atoms with Gasteiger partial charge in [0.15, 0.2) is 17.4 Å². The summed E-state index contributed by atoms with van der Waals surface area (Å²) in [6.07, 6.45) is 3.17. The molecule has 5 heteroatoms. The lowest BCUT2D eigenvalue weighted by molar-refractivity contribution is -0.0695. The van der Waals surface area contributed by atoms with E-state index in [4.69, 9.17) is 9.84 Å². The zero-order chi connectivity index (χ0) is 13.2. The second kappa shape index (κ2) is 5.20. The first-order chi connectivity index (χ1) is 8.56. The number of benzene rings is 1. The van der Waals surface area contributed by atoms with Gasteiger partial charge >= 0.3 is 0 Å². The van der Waals surface area contributed by atoms with Crippen LogP contribution in [0.3, 0.4) is 0 Å². The minimum atomic E-state index is -0.933. The fourth-order valence-corrected chi connectivity index (χ4v) is 2.18. The predicted octanol–water partition coefficient (Wildman–Crippen LogP) is 2.33. The van der Waals surface area contributed by atoms with Crippen molar-refractivity contribution >= 4 is 0 Å². The van der Waals surface area contributed by atoms with Gasteiger partial charge in [-0.15, -0.1) is 0 Å². The molecule has 0 spiro atoms. The van der Waals surface area contributed by atoms with Crippen LogP contribution in [0, 0.1) is 11.6 Å². The van der Waals surface area contributed by atoms with Crippen LogP contribution in [-0.4, -0.2) is 24.4 Å². The van der Waals surface area contributed by atoms with Crippen molar-refractivity contribution in [2.24, 2.45) is 0 Å².